The van der Waals surface area contributed by atoms with E-state index in [0.29, 0.717) is 6.07 Å². The maximum atomic E-state index is 14.0. The molecule has 0 aliphatic carbocycles. The number of hydrogen-bond acceptors (Lipinski definition) is 6. The predicted octanol–water partition coefficient (Wildman–Crippen LogP) is 2.87. The lowest BCUT2D eigenvalue weighted by Crippen LogP contribution is -2.52. The normalized spacial score (nSPS) is 12.6. The highest BCUT2D eigenvalue weighted by atomic mass is 19.4. The van der Waals surface area contributed by atoms with Gasteiger partial charge in [0, 0.05) is 23.7 Å². The summed E-state index contributed by atoms with van der Waals surface area (Å²) in [5.41, 5.74) is -1.91. The topological polar surface area (TPSA) is 151 Å². The van der Waals surface area contributed by atoms with E-state index in [4.69, 9.17) is 9.84 Å². The highest BCUT2D eigenvalue weighted by Gasteiger charge is 2.31. The molecule has 0 fully saturated rings. The Balaban J connectivity index is 2.05. The first-order chi connectivity index (χ1) is 19.0. The second-order valence-corrected chi connectivity index (χ2v) is 8.58. The van der Waals surface area contributed by atoms with Crippen LogP contribution in [0.2, 0.25) is 0 Å². The number of aliphatic carboxylic acids is 1. The molecule has 0 aliphatic heterocycles. The molecule has 2 aromatic rings. The number of nitrogens with one attached hydrogen (secondary N) is 3. The lowest BCUT2D eigenvalue weighted by atomic mass is 10.1. The Morgan fingerprint density at radius 1 is 0.976 bits per heavy atom. The Morgan fingerprint density at radius 3 is 2.24 bits per heavy atom. The first-order valence-corrected chi connectivity index (χ1v) is 11.6. The van der Waals surface area contributed by atoms with E-state index in [1.807, 2.05) is 10.6 Å². The quantitative estimate of drug-likeness (QED) is 0.178. The first-order valence-electron chi connectivity index (χ1n) is 11.6. The van der Waals surface area contributed by atoms with Gasteiger partial charge in [0.2, 0.25) is 11.7 Å². The Kier molecular flexibility index (Phi) is 10.8. The average Bonchev–Trinajstić information content (AvgIpc) is 2.89. The zero-order valence-electron chi connectivity index (χ0n) is 21.3. The summed E-state index contributed by atoms with van der Waals surface area (Å²) in [5.74, 6) is -11.6. The van der Waals surface area contributed by atoms with Gasteiger partial charge in [-0.3, -0.25) is 24.0 Å². The number of rotatable bonds is 11. The number of alkyl halides is 3. The summed E-state index contributed by atoms with van der Waals surface area (Å²) in [6.45, 7) is 1.09. The third kappa shape index (κ3) is 9.22. The lowest BCUT2D eigenvalue weighted by Gasteiger charge is -2.21. The summed E-state index contributed by atoms with van der Waals surface area (Å²) < 4.78 is 84.7. The largest absolute Gasteiger partial charge is 0.482 e. The van der Waals surface area contributed by atoms with Crippen LogP contribution in [0, 0.1) is 24.4 Å². The predicted molar refractivity (Wildman–Crippen MR) is 128 cm³/mol. The van der Waals surface area contributed by atoms with Crippen LogP contribution < -0.4 is 20.7 Å². The van der Waals surface area contributed by atoms with Crippen LogP contribution in [0.4, 0.5) is 32.0 Å². The van der Waals surface area contributed by atoms with Gasteiger partial charge in [0.25, 0.3) is 0 Å². The smallest absolute Gasteiger partial charge is 0.416 e. The maximum absolute atomic E-state index is 14.0. The Morgan fingerprint density at radius 2 is 1.63 bits per heavy atom. The van der Waals surface area contributed by atoms with Crippen molar-refractivity contribution >= 4 is 35.2 Å². The molecule has 0 saturated heterocycles. The Bertz CT molecular complexity index is 1320. The van der Waals surface area contributed by atoms with Gasteiger partial charge in [-0.25, -0.2) is 8.78 Å². The number of Topliss-reactive ketones (excluding diaryl/α,β-unsaturated/α-hetero) is 1. The summed E-state index contributed by atoms with van der Waals surface area (Å²) in [6.07, 6.45) is -5.85. The molecule has 0 aliphatic rings. The molecule has 2 rings (SSSR count). The van der Waals surface area contributed by atoms with Crippen molar-refractivity contribution < 1.29 is 60.2 Å². The fraction of sp³-hybridized carbons (Fsp3) is 0.320. The second kappa shape index (κ2) is 13.6. The Hall–Kier alpha value is -4.63. The monoisotopic (exact) mass is 591 g/mol. The van der Waals surface area contributed by atoms with E-state index in [1.165, 1.54) is 0 Å². The van der Waals surface area contributed by atoms with Crippen LogP contribution >= 0.6 is 0 Å². The number of carbonyl (C=O) groups is 5. The van der Waals surface area contributed by atoms with E-state index in [-0.39, 0.29) is 11.8 Å². The van der Waals surface area contributed by atoms with Crippen LogP contribution in [-0.4, -0.2) is 53.3 Å². The molecular weight excluding hydrogens is 568 g/mol. The van der Waals surface area contributed by atoms with Crippen LogP contribution in [-0.2, 0) is 30.1 Å². The van der Waals surface area contributed by atoms with Crippen molar-refractivity contribution in [3.63, 3.8) is 0 Å². The SMILES string of the molecule is Cc1c(F)cc(F)c(F)c1OCC(=O)[C@H](CCC(=O)O)NC(=O)[C@H](C)NC(=O)C(=O)Nc1cccc(C(F)(F)F)c1. The van der Waals surface area contributed by atoms with Crippen molar-refractivity contribution in [2.24, 2.45) is 0 Å². The molecule has 4 N–H and O–H groups in total. The van der Waals surface area contributed by atoms with E-state index in [0.717, 1.165) is 32.0 Å². The molecule has 222 valence electrons. The molecular formula is C25H23F6N3O7. The number of ether oxygens (including phenoxy) is 1. The summed E-state index contributed by atoms with van der Waals surface area (Å²) in [7, 11) is 0. The van der Waals surface area contributed by atoms with E-state index in [1.54, 1.807) is 0 Å². The number of amides is 3. The van der Waals surface area contributed by atoms with E-state index in [2.05, 4.69) is 5.32 Å². The molecule has 41 heavy (non-hydrogen) atoms. The van der Waals surface area contributed by atoms with Gasteiger partial charge in [-0.2, -0.15) is 17.6 Å². The number of carboxylic acids is 1. The van der Waals surface area contributed by atoms with Gasteiger partial charge >= 0.3 is 24.0 Å². The van der Waals surface area contributed by atoms with Gasteiger partial charge < -0.3 is 25.8 Å². The van der Waals surface area contributed by atoms with Gasteiger partial charge in [0.15, 0.2) is 17.3 Å². The van der Waals surface area contributed by atoms with Crippen LogP contribution in [0.5, 0.6) is 5.75 Å². The van der Waals surface area contributed by atoms with Crippen LogP contribution in [0.15, 0.2) is 30.3 Å². The number of benzene rings is 2. The molecule has 16 heteroatoms. The summed E-state index contributed by atoms with van der Waals surface area (Å²) >= 11 is 0. The molecule has 0 heterocycles. The molecule has 0 saturated carbocycles. The minimum absolute atomic E-state index is 0.269. The van der Waals surface area contributed by atoms with Crippen LogP contribution in [0.3, 0.4) is 0 Å². The minimum atomic E-state index is -4.71. The Labute approximate surface area is 228 Å². The number of halogens is 6. The standard InChI is InChI=1S/C25H23F6N3O7/c1-11-15(26)9-16(27)20(28)21(11)41-10-18(35)17(6-7-19(36)37)34-22(38)12(2)32-23(39)24(40)33-14-5-3-4-13(8-14)25(29,30)31/h3-5,8-9,12,17H,6-7,10H2,1-2H3,(H,32,39)(H,33,40)(H,34,38)(H,36,37)/t12-,17-/m0/s1. The van der Waals surface area contributed by atoms with Crippen molar-refractivity contribution in [3.8, 4) is 5.75 Å². The highest BCUT2D eigenvalue weighted by Crippen LogP contribution is 2.30. The van der Waals surface area contributed by atoms with Crippen LogP contribution in [0.1, 0.15) is 30.9 Å². The average molecular weight is 591 g/mol. The molecule has 0 bridgehead atoms. The van der Waals surface area contributed by atoms with Crippen molar-refractivity contribution in [2.45, 2.75) is 44.9 Å². The molecule has 3 amide bonds. The van der Waals surface area contributed by atoms with Gasteiger partial charge in [0.05, 0.1) is 11.6 Å². The van der Waals surface area contributed by atoms with Gasteiger partial charge in [-0.15, -0.1) is 0 Å². The number of carbonyl (C=O) groups excluding carboxylic acids is 4. The number of anilines is 1. The third-order valence-corrected chi connectivity index (χ3v) is 5.47. The summed E-state index contributed by atoms with van der Waals surface area (Å²) in [5, 5.41) is 15.0. The van der Waals surface area contributed by atoms with Gasteiger partial charge in [-0.05, 0) is 38.5 Å². The highest BCUT2D eigenvalue weighted by molar-refractivity contribution is 6.40. The van der Waals surface area contributed by atoms with E-state index < -0.39 is 102 Å². The molecule has 0 unspecified atom stereocenters. The molecule has 2 atom stereocenters. The third-order valence-electron chi connectivity index (χ3n) is 5.47. The summed E-state index contributed by atoms with van der Waals surface area (Å²) in [6, 6.07) is 0.557. The van der Waals surface area contributed by atoms with Gasteiger partial charge in [0.1, 0.15) is 18.5 Å². The fourth-order valence-corrected chi connectivity index (χ4v) is 3.25. The van der Waals surface area contributed by atoms with E-state index >= 15 is 0 Å². The fourth-order valence-electron chi connectivity index (χ4n) is 3.25. The zero-order chi connectivity index (χ0) is 31.1. The van der Waals surface area contributed by atoms with Crippen molar-refractivity contribution in [1.29, 1.82) is 0 Å². The first kappa shape index (κ1) is 32.6. The molecule has 2 aromatic carbocycles. The zero-order valence-corrected chi connectivity index (χ0v) is 21.3. The second-order valence-electron chi connectivity index (χ2n) is 8.58. The van der Waals surface area contributed by atoms with Crippen molar-refractivity contribution in [2.75, 3.05) is 11.9 Å². The number of ketones is 1. The molecule has 0 spiro atoms. The van der Waals surface area contributed by atoms with Crippen LogP contribution in [0.25, 0.3) is 0 Å². The van der Waals surface area contributed by atoms with Crippen molar-refractivity contribution in [1.82, 2.24) is 10.6 Å². The van der Waals surface area contributed by atoms with Gasteiger partial charge in [-0.1, -0.05) is 6.07 Å². The van der Waals surface area contributed by atoms with E-state index in [9.17, 15) is 50.3 Å². The molecule has 0 radical (unpaired) electrons. The number of carboxylic acid groups (broad SMARTS) is 1. The minimum Gasteiger partial charge on any atom is -0.482 e. The maximum Gasteiger partial charge on any atom is 0.416 e. The summed E-state index contributed by atoms with van der Waals surface area (Å²) in [4.78, 5) is 60.5. The van der Waals surface area contributed by atoms with Crippen molar-refractivity contribution in [3.05, 3.63) is 58.9 Å². The number of hydrogen-bond donors (Lipinski definition) is 4. The lowest BCUT2D eigenvalue weighted by molar-refractivity contribution is -0.139. The molecule has 0 aromatic heterocycles. The molecule has 10 nitrogen and oxygen atoms in total.